The van der Waals surface area contributed by atoms with Crippen LogP contribution in [-0.4, -0.2) is 31.4 Å². The monoisotopic (exact) mass is 350 g/mol. The molecule has 4 rings (SSSR count). The molecule has 0 aliphatic carbocycles. The molecule has 0 aliphatic rings. The van der Waals surface area contributed by atoms with Gasteiger partial charge in [0, 0.05) is 19.3 Å². The van der Waals surface area contributed by atoms with Gasteiger partial charge in [0.2, 0.25) is 0 Å². The number of benzene rings is 1. The molecular formula is C18H18N6O2. The number of aromatic amines is 1. The molecule has 0 amide bonds. The van der Waals surface area contributed by atoms with E-state index in [9.17, 15) is 4.79 Å². The Morgan fingerprint density at radius 3 is 2.58 bits per heavy atom. The molecule has 0 spiro atoms. The van der Waals surface area contributed by atoms with Gasteiger partial charge in [0.05, 0.1) is 18.2 Å². The highest BCUT2D eigenvalue weighted by molar-refractivity contribution is 5.91. The number of nitrogens with two attached hydrogens (primary N) is 1. The van der Waals surface area contributed by atoms with Gasteiger partial charge in [-0.3, -0.25) is 4.79 Å². The number of rotatable bonds is 3. The van der Waals surface area contributed by atoms with Crippen LogP contribution in [0.2, 0.25) is 0 Å². The number of anilines is 1. The van der Waals surface area contributed by atoms with E-state index in [0.717, 1.165) is 17.3 Å². The lowest BCUT2D eigenvalue weighted by Gasteiger charge is -2.05. The molecule has 0 atom stereocenters. The second-order valence-electron chi connectivity index (χ2n) is 6.06. The van der Waals surface area contributed by atoms with Crippen LogP contribution in [0.3, 0.4) is 0 Å². The highest BCUT2D eigenvalue weighted by Gasteiger charge is 2.19. The molecule has 0 radical (unpaired) electrons. The quantitative estimate of drug-likeness (QED) is 0.588. The van der Waals surface area contributed by atoms with E-state index in [0.29, 0.717) is 22.4 Å². The van der Waals surface area contributed by atoms with E-state index in [1.54, 1.807) is 11.8 Å². The average Bonchev–Trinajstić information content (AvgIpc) is 3.16. The van der Waals surface area contributed by atoms with Crippen molar-refractivity contribution in [2.75, 3.05) is 12.8 Å². The number of ether oxygens (including phenoxy) is 1. The summed E-state index contributed by atoms with van der Waals surface area (Å²) in [4.78, 5) is 20.2. The average molecular weight is 350 g/mol. The summed E-state index contributed by atoms with van der Waals surface area (Å²) in [5.41, 5.74) is 8.11. The number of aryl methyl sites for hydroxylation is 2. The van der Waals surface area contributed by atoms with Crippen molar-refractivity contribution in [3.63, 3.8) is 0 Å². The number of hydrogen-bond acceptors (Lipinski definition) is 5. The zero-order valence-electron chi connectivity index (χ0n) is 14.6. The van der Waals surface area contributed by atoms with Crippen LogP contribution in [0.5, 0.6) is 5.75 Å². The lowest BCUT2D eigenvalue weighted by atomic mass is 10.2. The topological polar surface area (TPSA) is 104 Å². The Morgan fingerprint density at radius 2 is 1.96 bits per heavy atom. The predicted molar refractivity (Wildman–Crippen MR) is 99.6 cm³/mol. The zero-order chi connectivity index (χ0) is 18.4. The minimum atomic E-state index is -0.200. The summed E-state index contributed by atoms with van der Waals surface area (Å²) in [6.07, 6.45) is 1.85. The molecular weight excluding hydrogens is 332 g/mol. The Bertz CT molecular complexity index is 1150. The van der Waals surface area contributed by atoms with Gasteiger partial charge in [0.1, 0.15) is 34.4 Å². The van der Waals surface area contributed by atoms with Gasteiger partial charge in [-0.15, -0.1) is 0 Å². The van der Waals surface area contributed by atoms with Crippen LogP contribution in [0.15, 0.2) is 41.3 Å². The standard InChI is InChI=1S/C18H18N6O2/c1-10-20-13(9-23(10)2)17-16-14(25)8-15(19)21-18(16)24(22-17)11-4-6-12(26-3)7-5-11/h4-9H,1-3H3,(H3,19,21,25). The van der Waals surface area contributed by atoms with Crippen LogP contribution in [0, 0.1) is 6.92 Å². The van der Waals surface area contributed by atoms with Crippen LogP contribution in [-0.2, 0) is 7.05 Å². The molecule has 3 N–H and O–H groups in total. The van der Waals surface area contributed by atoms with E-state index in [1.165, 1.54) is 6.07 Å². The minimum absolute atomic E-state index is 0.200. The van der Waals surface area contributed by atoms with Crippen molar-refractivity contribution in [2.24, 2.45) is 7.05 Å². The third-order valence-electron chi connectivity index (χ3n) is 4.35. The molecule has 0 fully saturated rings. The Kier molecular flexibility index (Phi) is 3.54. The fourth-order valence-electron chi connectivity index (χ4n) is 2.92. The molecule has 1 aromatic carbocycles. The summed E-state index contributed by atoms with van der Waals surface area (Å²) >= 11 is 0. The number of nitrogens with zero attached hydrogens (tertiary/aromatic N) is 4. The molecule has 0 aliphatic heterocycles. The third kappa shape index (κ3) is 2.43. The first-order valence-electron chi connectivity index (χ1n) is 8.04. The minimum Gasteiger partial charge on any atom is -0.497 e. The number of methoxy groups -OCH3 is 1. The van der Waals surface area contributed by atoms with E-state index in [-0.39, 0.29) is 11.2 Å². The SMILES string of the molecule is COc1ccc(-n2nc(-c3cn(C)c(C)n3)c3c(=O)cc(N)[nH]c32)cc1. The number of pyridine rings is 1. The van der Waals surface area contributed by atoms with Crippen molar-refractivity contribution in [1.29, 1.82) is 0 Å². The molecule has 132 valence electrons. The highest BCUT2D eigenvalue weighted by Crippen LogP contribution is 2.27. The Hall–Kier alpha value is -3.55. The predicted octanol–water partition coefficient (Wildman–Crippen LogP) is 2.01. The molecule has 0 unspecified atom stereocenters. The molecule has 0 saturated heterocycles. The molecule has 0 saturated carbocycles. The maximum absolute atomic E-state index is 12.6. The van der Waals surface area contributed by atoms with Crippen LogP contribution in [0.1, 0.15) is 5.82 Å². The van der Waals surface area contributed by atoms with Crippen LogP contribution in [0.4, 0.5) is 5.82 Å². The first-order valence-corrected chi connectivity index (χ1v) is 8.04. The second kappa shape index (κ2) is 5.76. The van der Waals surface area contributed by atoms with E-state index in [4.69, 9.17) is 10.5 Å². The number of imidazole rings is 1. The first kappa shape index (κ1) is 15.9. The molecule has 3 heterocycles. The zero-order valence-corrected chi connectivity index (χ0v) is 14.6. The molecule has 3 aromatic heterocycles. The molecule has 0 bridgehead atoms. The maximum Gasteiger partial charge on any atom is 0.195 e. The van der Waals surface area contributed by atoms with Crippen LogP contribution >= 0.6 is 0 Å². The van der Waals surface area contributed by atoms with E-state index < -0.39 is 0 Å². The van der Waals surface area contributed by atoms with Crippen molar-refractivity contribution >= 4 is 16.9 Å². The summed E-state index contributed by atoms with van der Waals surface area (Å²) in [7, 11) is 3.51. The largest absolute Gasteiger partial charge is 0.497 e. The first-order chi connectivity index (χ1) is 12.5. The third-order valence-corrected chi connectivity index (χ3v) is 4.35. The summed E-state index contributed by atoms with van der Waals surface area (Å²) in [5.74, 6) is 1.85. The molecule has 8 heteroatoms. The summed E-state index contributed by atoms with van der Waals surface area (Å²) in [5, 5.41) is 5.11. The van der Waals surface area contributed by atoms with Gasteiger partial charge in [-0.1, -0.05) is 0 Å². The number of aromatic nitrogens is 5. The Morgan fingerprint density at radius 1 is 1.23 bits per heavy atom. The summed E-state index contributed by atoms with van der Waals surface area (Å²) in [6.45, 7) is 1.90. The van der Waals surface area contributed by atoms with Gasteiger partial charge in [-0.2, -0.15) is 5.10 Å². The normalized spacial score (nSPS) is 11.2. The Labute approximate surface area is 148 Å². The van der Waals surface area contributed by atoms with E-state index in [1.807, 2.05) is 49.0 Å². The van der Waals surface area contributed by atoms with Gasteiger partial charge in [0.25, 0.3) is 0 Å². The van der Waals surface area contributed by atoms with Crippen LogP contribution < -0.4 is 15.9 Å². The van der Waals surface area contributed by atoms with E-state index >= 15 is 0 Å². The van der Waals surface area contributed by atoms with Crippen molar-refractivity contribution < 1.29 is 4.74 Å². The van der Waals surface area contributed by atoms with Crippen molar-refractivity contribution in [1.82, 2.24) is 24.3 Å². The smallest absolute Gasteiger partial charge is 0.195 e. The lowest BCUT2D eigenvalue weighted by Crippen LogP contribution is -2.06. The number of nitrogen functional groups attached to an aromatic ring is 1. The molecule has 26 heavy (non-hydrogen) atoms. The van der Waals surface area contributed by atoms with Gasteiger partial charge >= 0.3 is 0 Å². The Balaban J connectivity index is 2.03. The van der Waals surface area contributed by atoms with Crippen molar-refractivity contribution in [3.8, 4) is 22.8 Å². The lowest BCUT2D eigenvalue weighted by molar-refractivity contribution is 0.414. The summed E-state index contributed by atoms with van der Waals surface area (Å²) in [6, 6.07) is 8.75. The van der Waals surface area contributed by atoms with E-state index in [2.05, 4.69) is 15.1 Å². The number of H-pyrrole nitrogens is 1. The van der Waals surface area contributed by atoms with Crippen molar-refractivity contribution in [3.05, 3.63) is 52.6 Å². The fourth-order valence-corrected chi connectivity index (χ4v) is 2.92. The number of nitrogens with one attached hydrogen (secondary N) is 1. The van der Waals surface area contributed by atoms with Gasteiger partial charge in [-0.25, -0.2) is 9.67 Å². The fraction of sp³-hybridized carbons (Fsp3) is 0.167. The number of fused-ring (bicyclic) bond motifs is 1. The maximum atomic E-state index is 12.6. The van der Waals surface area contributed by atoms with Gasteiger partial charge < -0.3 is 20.0 Å². The van der Waals surface area contributed by atoms with Crippen molar-refractivity contribution in [2.45, 2.75) is 6.92 Å². The van der Waals surface area contributed by atoms with Gasteiger partial charge in [0.15, 0.2) is 5.43 Å². The van der Waals surface area contributed by atoms with Crippen LogP contribution in [0.25, 0.3) is 28.1 Å². The molecule has 4 aromatic rings. The second-order valence-corrected chi connectivity index (χ2v) is 6.06. The highest BCUT2D eigenvalue weighted by atomic mass is 16.5. The summed E-state index contributed by atoms with van der Waals surface area (Å²) < 4.78 is 8.75. The molecule has 8 nitrogen and oxygen atoms in total. The number of hydrogen-bond donors (Lipinski definition) is 2. The van der Waals surface area contributed by atoms with Gasteiger partial charge in [-0.05, 0) is 31.2 Å².